The first-order valence-corrected chi connectivity index (χ1v) is 42.8. The zero-order valence-electron chi connectivity index (χ0n) is 68.1. The SMILES string of the molecule is CC[N+]1(CCCSc2ccccc2)CCC(OC(=O)C(O)(c2ccco2)C2CCCCC2)C1.C[N+]1(CCCOc2ccccc2)CCC(OC(=O)C(O)(c2ccccc2)C2CCCC2)C1.C[N+]1(CCCOc2nc3ccccc3s2)CCC(OC(=O)C(O)(c2ccco2)C2CCCCC2)C1.O=C([O-])C(F)(F)F.O=C([O-])C(F)(F)F.O=C([O-])C(F)(F)F. The fourth-order valence-electron chi connectivity index (χ4n) is 16.7. The molecule has 3 saturated heterocycles. The third kappa shape index (κ3) is 28.6. The molecule has 3 N–H and O–H groups in total. The van der Waals surface area contributed by atoms with Gasteiger partial charge in [0, 0.05) is 66.9 Å². The van der Waals surface area contributed by atoms with E-state index in [0.29, 0.717) is 35.5 Å². The number of hydrogen-bond donors (Lipinski definition) is 3. The zero-order chi connectivity index (χ0) is 88.1. The summed E-state index contributed by atoms with van der Waals surface area (Å²) in [6, 6.07) is 44.7. The number of carbonyl (C=O) groups excluding carboxylic acids is 6. The fourth-order valence-corrected chi connectivity index (χ4v) is 18.4. The third-order valence-corrected chi connectivity index (χ3v) is 25.3. The second kappa shape index (κ2) is 45.0. The van der Waals surface area contributed by atoms with Crippen LogP contribution >= 0.6 is 23.1 Å². The fraction of sp³-hybridized carbons (Fsp3) is 0.552. The minimum atomic E-state index is -5.19. The summed E-state index contributed by atoms with van der Waals surface area (Å²) in [5, 5.41) is 61.9. The number of nitrogens with zero attached hydrogens (tertiary/aromatic N) is 4. The second-order valence-corrected chi connectivity index (χ2v) is 34.2. The minimum Gasteiger partial charge on any atom is -0.542 e. The number of rotatable bonds is 28. The number of hydrogen-bond acceptors (Lipinski definition) is 22. The molecule has 3 aliphatic carbocycles. The Labute approximate surface area is 705 Å². The molecule has 3 saturated carbocycles. The molecule has 0 radical (unpaired) electrons. The molecule has 0 amide bonds. The van der Waals surface area contributed by atoms with Crippen LogP contribution < -0.4 is 24.8 Å². The summed E-state index contributed by atoms with van der Waals surface area (Å²) in [4.78, 5) is 72.3. The smallest absolute Gasteiger partial charge is 0.430 e. The van der Waals surface area contributed by atoms with Crippen LogP contribution in [-0.2, 0) is 59.8 Å². The maximum absolute atomic E-state index is 13.4. The van der Waals surface area contributed by atoms with Crippen LogP contribution in [0.1, 0.15) is 152 Å². The van der Waals surface area contributed by atoms with Crippen LogP contribution in [0, 0.1) is 17.8 Å². The van der Waals surface area contributed by atoms with Gasteiger partial charge in [-0.2, -0.15) is 39.5 Å². The van der Waals surface area contributed by atoms with Crippen LogP contribution in [0.3, 0.4) is 0 Å². The molecule has 9 unspecified atom stereocenters. The van der Waals surface area contributed by atoms with Gasteiger partial charge in [0.2, 0.25) is 11.2 Å². The van der Waals surface area contributed by atoms with E-state index >= 15 is 0 Å². The van der Waals surface area contributed by atoms with Crippen molar-refractivity contribution in [2.24, 2.45) is 17.8 Å². The summed E-state index contributed by atoms with van der Waals surface area (Å²) >= 11 is 3.47. The van der Waals surface area contributed by atoms with E-state index in [1.807, 2.05) is 96.7 Å². The average Bonchev–Trinajstić information content (AvgIpc) is 0.985. The quantitative estimate of drug-likeness (QED) is 0.0102. The van der Waals surface area contributed by atoms with Crippen molar-refractivity contribution < 1.29 is 145 Å². The highest BCUT2D eigenvalue weighted by atomic mass is 32.2. The summed E-state index contributed by atoms with van der Waals surface area (Å²) in [5.74, 6) is -8.35. The maximum Gasteiger partial charge on any atom is 0.430 e. The number of halogens is 9. The van der Waals surface area contributed by atoms with E-state index in [2.05, 4.69) is 56.3 Å². The molecule has 3 aliphatic heterocycles. The number of alkyl halides is 9. The Morgan fingerprint density at radius 2 is 0.860 bits per heavy atom. The van der Waals surface area contributed by atoms with Crippen LogP contribution in [0.4, 0.5) is 39.5 Å². The van der Waals surface area contributed by atoms with Crippen molar-refractivity contribution in [2.45, 2.75) is 194 Å². The van der Waals surface area contributed by atoms with Crippen LogP contribution in [-0.4, -0.2) is 205 Å². The van der Waals surface area contributed by atoms with E-state index in [9.17, 15) is 69.2 Å². The Balaban J connectivity index is 0.000000201. The molecule has 0 spiro atoms. The Kier molecular flexibility index (Phi) is 36.4. The van der Waals surface area contributed by atoms with Gasteiger partial charge >= 0.3 is 36.4 Å². The number of thioether (sulfide) groups is 1. The number of benzene rings is 4. The lowest BCUT2D eigenvalue weighted by Gasteiger charge is -2.36. The number of carboxylic acids is 3. The highest BCUT2D eigenvalue weighted by molar-refractivity contribution is 7.99. The summed E-state index contributed by atoms with van der Waals surface area (Å²) in [7, 11) is 4.42. The highest BCUT2D eigenvalue weighted by Crippen LogP contribution is 2.45. The number of quaternary nitrogens is 3. The van der Waals surface area contributed by atoms with Gasteiger partial charge < -0.3 is 91.0 Å². The molecule has 3 aromatic heterocycles. The number of furan rings is 2. The normalized spacial score (nSPS) is 22.9. The summed E-state index contributed by atoms with van der Waals surface area (Å²) in [5.41, 5.74) is -3.31. The maximum atomic E-state index is 13.4. The van der Waals surface area contributed by atoms with Crippen LogP contribution in [0.2, 0.25) is 0 Å². The molecule has 6 heterocycles. The van der Waals surface area contributed by atoms with Crippen molar-refractivity contribution >= 4 is 69.1 Å². The average molecular weight is 1750 g/mol. The predicted molar refractivity (Wildman–Crippen MR) is 422 cm³/mol. The number of ether oxygens (including phenoxy) is 5. The lowest BCUT2D eigenvalue weighted by atomic mass is 9.75. The van der Waals surface area contributed by atoms with Crippen molar-refractivity contribution in [2.75, 3.05) is 98.5 Å². The molecule has 121 heavy (non-hydrogen) atoms. The van der Waals surface area contributed by atoms with Gasteiger partial charge in [0.1, 0.15) is 54.8 Å². The largest absolute Gasteiger partial charge is 0.542 e. The second-order valence-electron chi connectivity index (χ2n) is 32.0. The van der Waals surface area contributed by atoms with Gasteiger partial charge in [-0.3, -0.25) is 0 Å². The number of aliphatic carboxylic acids is 3. The molecule has 13 rings (SSSR count). The lowest BCUT2D eigenvalue weighted by molar-refractivity contribution is -0.916. The minimum absolute atomic E-state index is 0.0742. The summed E-state index contributed by atoms with van der Waals surface area (Å²) < 4.78 is 139. The van der Waals surface area contributed by atoms with Crippen molar-refractivity contribution in [1.82, 2.24) is 4.98 Å². The van der Waals surface area contributed by atoms with Crippen LogP contribution in [0.5, 0.6) is 10.9 Å². The predicted octanol–water partition coefficient (Wildman–Crippen LogP) is 12.5. The van der Waals surface area contributed by atoms with E-state index in [1.54, 1.807) is 35.6 Å². The Morgan fingerprint density at radius 3 is 1.29 bits per heavy atom. The molecule has 23 nitrogen and oxygen atoms in total. The van der Waals surface area contributed by atoms with E-state index in [0.717, 1.165) is 229 Å². The number of likely N-dealkylation sites (tertiary alicyclic amines) is 3. The first kappa shape index (κ1) is 97.7. The lowest BCUT2D eigenvalue weighted by Crippen LogP contribution is -2.49. The van der Waals surface area contributed by atoms with E-state index < -0.39 is 71.1 Å². The Morgan fingerprint density at radius 1 is 0.471 bits per heavy atom. The number of carbonyl (C=O) groups is 6. The van der Waals surface area contributed by atoms with Crippen molar-refractivity contribution in [3.8, 4) is 10.9 Å². The highest BCUT2D eigenvalue weighted by Gasteiger charge is 2.54. The first-order valence-electron chi connectivity index (χ1n) is 41.0. The van der Waals surface area contributed by atoms with Crippen molar-refractivity contribution in [1.29, 1.82) is 0 Å². The molecule has 4 aromatic carbocycles. The van der Waals surface area contributed by atoms with Crippen molar-refractivity contribution in [3.63, 3.8) is 0 Å². The monoisotopic (exact) mass is 1750 g/mol. The number of aromatic nitrogens is 1. The van der Waals surface area contributed by atoms with E-state index in [4.69, 9.17) is 62.2 Å². The van der Waals surface area contributed by atoms with Crippen LogP contribution in [0.15, 0.2) is 166 Å². The summed E-state index contributed by atoms with van der Waals surface area (Å²) in [6.07, 6.45) is 5.85. The van der Waals surface area contributed by atoms with Gasteiger partial charge in [-0.25, -0.2) is 19.4 Å². The first-order chi connectivity index (χ1) is 57.3. The van der Waals surface area contributed by atoms with Gasteiger partial charge in [-0.15, -0.1) is 11.8 Å². The molecule has 0 bridgehead atoms. The number of thiazole rings is 1. The van der Waals surface area contributed by atoms with E-state index in [-0.39, 0.29) is 36.1 Å². The number of likely N-dealkylation sites (N-methyl/N-ethyl adjacent to an activating group) is 3. The number of aliphatic hydroxyl groups is 3. The van der Waals surface area contributed by atoms with Crippen molar-refractivity contribution in [3.05, 3.63) is 169 Å². The molecule has 34 heteroatoms. The Hall–Kier alpha value is -8.77. The third-order valence-electron chi connectivity index (χ3n) is 23.2. The molecular formula is C87H109F9N4O19S2. The van der Waals surface area contributed by atoms with Gasteiger partial charge in [0.05, 0.1) is 95.9 Å². The van der Waals surface area contributed by atoms with Gasteiger partial charge in [0.25, 0.3) is 5.19 Å². The van der Waals surface area contributed by atoms with Crippen LogP contribution in [0.25, 0.3) is 10.2 Å². The molecular weight excluding hydrogens is 1640 g/mol. The number of fused-ring (bicyclic) bond motifs is 1. The molecule has 9 atom stereocenters. The van der Waals surface area contributed by atoms with E-state index in [1.165, 1.54) is 17.4 Å². The molecule has 666 valence electrons. The Bertz CT molecular complexity index is 4220. The zero-order valence-corrected chi connectivity index (χ0v) is 69.7. The summed E-state index contributed by atoms with van der Waals surface area (Å²) in [6.45, 7) is 12.8. The topological polar surface area (TPSA) is 318 Å². The standard InChI is InChI=1S/C27H35N2O5S.C27H38NO4S.C27H36NO4.3C2HF3O2/c1-29(15-8-18-33-26-28-22-11-5-6-12-23(22)35-26)16-14-21(19-29)34-25(30)27(31,24-13-7-17-32-24)20-9-3-2-4-10-20;1-2-28(17-10-20-33-24-13-7-4-8-14-24)18-16-23(21-28)32-26(29)27(30,25-15-9-19-31-25)22-11-5-3-6-12-22;1-28(18-10-20-31-24-15-6-3-7-16-24)19-17-25(21-28)32-26(29)27(30,23-13-8-9-14-23)22-11-4-2-5-12-22;3*3-2(4,5)1(6)7/h5-7,11-13,17,20-21,31H,2-4,8-10,14-16,18-19H2,1H3;4,7-9,13-15,19,22-23,30H,2-3,5-6,10-12,16-18,20-21H2,1H3;2-7,11-12,15-16,23,25,30H,8-10,13-14,17-21H2,1H3;3*(H,6,7)/q3*+1;;;/p-3. The van der Waals surface area contributed by atoms with Gasteiger partial charge in [0.15, 0.2) is 23.9 Å². The number of esters is 3. The number of para-hydroxylation sites is 2. The molecule has 6 aliphatic rings. The molecule has 7 aromatic rings. The van der Waals surface area contributed by atoms with Gasteiger partial charge in [-0.05, 0) is 112 Å². The molecule has 6 fully saturated rings. The van der Waals surface area contributed by atoms with Gasteiger partial charge in [-0.1, -0.05) is 142 Å². The number of carboxylic acid groups (broad SMARTS) is 3.